The second-order valence-electron chi connectivity index (χ2n) is 3.06. The third-order valence-electron chi connectivity index (χ3n) is 1.49. The summed E-state index contributed by atoms with van der Waals surface area (Å²) in [5.74, 6) is -0.946. The molecule has 0 aromatic carbocycles. The van der Waals surface area contributed by atoms with Crippen LogP contribution in [-0.4, -0.2) is 35.1 Å². The van der Waals surface area contributed by atoms with E-state index in [-0.39, 0.29) is 18.1 Å². The second kappa shape index (κ2) is 5.29. The van der Waals surface area contributed by atoms with Crippen LogP contribution in [0.25, 0.3) is 0 Å². The maximum atomic E-state index is 10.7. The lowest BCUT2D eigenvalue weighted by molar-refractivity contribution is 0.0690. The first-order valence-electron chi connectivity index (χ1n) is 3.85. The lowest BCUT2D eigenvalue weighted by atomic mass is 10.4. The van der Waals surface area contributed by atoms with E-state index >= 15 is 0 Å². The van der Waals surface area contributed by atoms with Crippen LogP contribution in [0.2, 0.25) is 0 Å². The minimum atomic E-state index is -0.946. The average Bonchev–Trinajstić information content (AvgIpc) is 2.29. The zero-order valence-corrected chi connectivity index (χ0v) is 9.91. The molecule has 1 aromatic heterocycles. The summed E-state index contributed by atoms with van der Waals surface area (Å²) in [7, 11) is 3.86. The highest BCUT2D eigenvalue weighted by Crippen LogP contribution is 2.18. The van der Waals surface area contributed by atoms with Gasteiger partial charge >= 0.3 is 5.97 Å². The summed E-state index contributed by atoms with van der Waals surface area (Å²) in [5.41, 5.74) is 0.182. The van der Waals surface area contributed by atoms with E-state index in [4.69, 9.17) is 5.11 Å². The summed E-state index contributed by atoms with van der Waals surface area (Å²) in [6, 6.07) is 0. The molecular formula is C8H13ClN2O2S. The lowest BCUT2D eigenvalue weighted by Crippen LogP contribution is -2.10. The first-order chi connectivity index (χ1) is 6.00. The molecule has 0 saturated carbocycles. The van der Waals surface area contributed by atoms with Crippen molar-refractivity contribution >= 4 is 29.7 Å². The van der Waals surface area contributed by atoms with Gasteiger partial charge in [-0.2, -0.15) is 0 Å². The summed E-state index contributed by atoms with van der Waals surface area (Å²) in [5, 5.41) is 9.59. The van der Waals surface area contributed by atoms with Crippen molar-refractivity contribution in [3.05, 3.63) is 15.6 Å². The number of halogens is 1. The third-order valence-corrected chi connectivity index (χ3v) is 2.45. The lowest BCUT2D eigenvalue weighted by Gasteiger charge is -2.04. The number of carboxylic acid groups (broad SMARTS) is 1. The van der Waals surface area contributed by atoms with Crippen molar-refractivity contribution in [2.75, 3.05) is 14.1 Å². The average molecular weight is 237 g/mol. The SMILES string of the molecule is Cc1sc(CN(C)C)nc1C(=O)O.Cl. The monoisotopic (exact) mass is 236 g/mol. The number of aryl methyl sites for hydroxylation is 1. The van der Waals surface area contributed by atoms with E-state index in [2.05, 4.69) is 4.98 Å². The molecule has 0 amide bonds. The van der Waals surface area contributed by atoms with E-state index in [0.29, 0.717) is 6.54 Å². The smallest absolute Gasteiger partial charge is 0.355 e. The van der Waals surface area contributed by atoms with Crippen molar-refractivity contribution in [1.82, 2.24) is 9.88 Å². The molecular weight excluding hydrogens is 224 g/mol. The van der Waals surface area contributed by atoms with E-state index in [9.17, 15) is 4.79 Å². The molecule has 0 bridgehead atoms. The molecule has 0 unspecified atom stereocenters. The van der Waals surface area contributed by atoms with Crippen molar-refractivity contribution in [3.63, 3.8) is 0 Å². The quantitative estimate of drug-likeness (QED) is 0.867. The van der Waals surface area contributed by atoms with Crippen LogP contribution in [0.4, 0.5) is 0 Å². The molecule has 0 saturated heterocycles. The summed E-state index contributed by atoms with van der Waals surface area (Å²) >= 11 is 1.44. The minimum absolute atomic E-state index is 0. The molecule has 4 nitrogen and oxygen atoms in total. The number of aromatic carboxylic acids is 1. The van der Waals surface area contributed by atoms with Crippen LogP contribution >= 0.6 is 23.7 Å². The summed E-state index contributed by atoms with van der Waals surface area (Å²) < 4.78 is 0. The molecule has 0 aliphatic heterocycles. The zero-order chi connectivity index (χ0) is 10.0. The van der Waals surface area contributed by atoms with Gasteiger partial charge in [0.05, 0.1) is 0 Å². The maximum absolute atomic E-state index is 10.7. The Bertz CT molecular complexity index is 325. The zero-order valence-electron chi connectivity index (χ0n) is 8.27. The first-order valence-corrected chi connectivity index (χ1v) is 4.66. The van der Waals surface area contributed by atoms with Crippen molar-refractivity contribution in [3.8, 4) is 0 Å². The van der Waals surface area contributed by atoms with Gasteiger partial charge in [0.2, 0.25) is 0 Å². The molecule has 80 valence electrons. The van der Waals surface area contributed by atoms with Gasteiger partial charge in [-0.05, 0) is 21.0 Å². The van der Waals surface area contributed by atoms with Gasteiger partial charge in [-0.1, -0.05) is 0 Å². The number of hydrogen-bond donors (Lipinski definition) is 1. The normalized spacial score (nSPS) is 10.0. The van der Waals surface area contributed by atoms with Gasteiger partial charge in [-0.3, -0.25) is 0 Å². The van der Waals surface area contributed by atoms with Gasteiger partial charge in [0.25, 0.3) is 0 Å². The number of carbonyl (C=O) groups is 1. The van der Waals surface area contributed by atoms with Gasteiger partial charge < -0.3 is 10.0 Å². The molecule has 0 spiro atoms. The molecule has 0 radical (unpaired) electrons. The van der Waals surface area contributed by atoms with E-state index in [0.717, 1.165) is 9.88 Å². The van der Waals surface area contributed by atoms with Crippen molar-refractivity contribution in [2.24, 2.45) is 0 Å². The number of hydrogen-bond acceptors (Lipinski definition) is 4. The molecule has 6 heteroatoms. The van der Waals surface area contributed by atoms with Crippen molar-refractivity contribution < 1.29 is 9.90 Å². The Morgan fingerprint density at radius 3 is 2.50 bits per heavy atom. The number of carboxylic acids is 1. The van der Waals surface area contributed by atoms with Crippen LogP contribution in [-0.2, 0) is 6.54 Å². The largest absolute Gasteiger partial charge is 0.476 e. The molecule has 0 aliphatic carbocycles. The fraction of sp³-hybridized carbons (Fsp3) is 0.500. The van der Waals surface area contributed by atoms with Gasteiger partial charge in [0.15, 0.2) is 5.69 Å². The molecule has 0 atom stereocenters. The van der Waals surface area contributed by atoms with Crippen LogP contribution in [0.5, 0.6) is 0 Å². The number of rotatable bonds is 3. The number of aromatic nitrogens is 1. The van der Waals surface area contributed by atoms with Crippen LogP contribution < -0.4 is 0 Å². The predicted octanol–water partition coefficient (Wildman–Crippen LogP) is 1.63. The van der Waals surface area contributed by atoms with E-state index in [1.807, 2.05) is 19.0 Å². The van der Waals surface area contributed by atoms with Crippen LogP contribution in [0, 0.1) is 6.92 Å². The molecule has 1 aromatic rings. The first kappa shape index (κ1) is 13.4. The van der Waals surface area contributed by atoms with Crippen LogP contribution in [0.3, 0.4) is 0 Å². The van der Waals surface area contributed by atoms with Crippen molar-refractivity contribution in [1.29, 1.82) is 0 Å². The Balaban J connectivity index is 0.00000169. The van der Waals surface area contributed by atoms with Crippen LogP contribution in [0.15, 0.2) is 0 Å². The highest BCUT2D eigenvalue weighted by atomic mass is 35.5. The van der Waals surface area contributed by atoms with E-state index < -0.39 is 5.97 Å². The summed E-state index contributed by atoms with van der Waals surface area (Å²) in [6.45, 7) is 2.47. The van der Waals surface area contributed by atoms with Gasteiger partial charge in [0.1, 0.15) is 5.01 Å². The maximum Gasteiger partial charge on any atom is 0.355 e. The summed E-state index contributed by atoms with van der Waals surface area (Å²) in [6.07, 6.45) is 0. The highest BCUT2D eigenvalue weighted by molar-refractivity contribution is 7.11. The topological polar surface area (TPSA) is 53.4 Å². The third kappa shape index (κ3) is 3.25. The minimum Gasteiger partial charge on any atom is -0.476 e. The standard InChI is InChI=1S/C8H12N2O2S.ClH/c1-5-7(8(11)12)9-6(13-5)4-10(2)3;/h4H2,1-3H3,(H,11,12);1H. The Hall–Kier alpha value is -0.650. The fourth-order valence-electron chi connectivity index (χ4n) is 0.988. The van der Waals surface area contributed by atoms with E-state index in [1.54, 1.807) is 6.92 Å². The Morgan fingerprint density at radius 1 is 1.57 bits per heavy atom. The molecule has 1 N–H and O–H groups in total. The van der Waals surface area contributed by atoms with Gasteiger partial charge in [0, 0.05) is 11.4 Å². The molecule has 0 aliphatic rings. The molecule has 14 heavy (non-hydrogen) atoms. The van der Waals surface area contributed by atoms with E-state index in [1.165, 1.54) is 11.3 Å². The van der Waals surface area contributed by atoms with Gasteiger partial charge in [-0.25, -0.2) is 9.78 Å². The fourth-order valence-corrected chi connectivity index (χ4v) is 2.03. The Labute approximate surface area is 93.0 Å². The van der Waals surface area contributed by atoms with Crippen LogP contribution in [0.1, 0.15) is 20.4 Å². The number of thiazole rings is 1. The van der Waals surface area contributed by atoms with Crippen molar-refractivity contribution in [2.45, 2.75) is 13.5 Å². The summed E-state index contributed by atoms with van der Waals surface area (Å²) in [4.78, 5) is 17.4. The predicted molar refractivity (Wildman–Crippen MR) is 58.4 cm³/mol. The number of nitrogens with zero attached hydrogens (tertiary/aromatic N) is 2. The second-order valence-corrected chi connectivity index (χ2v) is 4.34. The van der Waals surface area contributed by atoms with Gasteiger partial charge in [-0.15, -0.1) is 23.7 Å². The Morgan fingerprint density at radius 2 is 2.14 bits per heavy atom. The molecule has 1 rings (SSSR count). The Kier molecular flexibility index (Phi) is 5.04. The highest BCUT2D eigenvalue weighted by Gasteiger charge is 2.13. The molecule has 0 fully saturated rings. The molecule has 1 heterocycles.